The summed E-state index contributed by atoms with van der Waals surface area (Å²) in [5.41, 5.74) is 0.428. The minimum absolute atomic E-state index is 0.0773. The molecule has 0 saturated carbocycles. The van der Waals surface area contributed by atoms with Crippen molar-refractivity contribution in [3.8, 4) is 5.75 Å². The molecule has 0 aliphatic carbocycles. The molecule has 0 spiro atoms. The van der Waals surface area contributed by atoms with Crippen molar-refractivity contribution >= 4 is 31.9 Å². The van der Waals surface area contributed by atoms with Crippen LogP contribution >= 0.6 is 31.9 Å². The van der Waals surface area contributed by atoms with E-state index in [1.54, 1.807) is 6.92 Å². The highest BCUT2D eigenvalue weighted by Crippen LogP contribution is 2.35. The van der Waals surface area contributed by atoms with Gasteiger partial charge in [0.05, 0.1) is 14.5 Å². The molecule has 1 unspecified atom stereocenters. The van der Waals surface area contributed by atoms with E-state index in [0.29, 0.717) is 6.42 Å². The second kappa shape index (κ2) is 7.44. The molecule has 0 amide bonds. The second-order valence-electron chi connectivity index (χ2n) is 6.63. The zero-order chi connectivity index (χ0) is 16.3. The summed E-state index contributed by atoms with van der Waals surface area (Å²) in [5, 5.41) is 13.5. The molecular weight excluding hydrogens is 398 g/mol. The first-order valence-corrected chi connectivity index (χ1v) is 8.71. The van der Waals surface area contributed by atoms with Crippen LogP contribution in [0.15, 0.2) is 21.1 Å². The lowest BCUT2D eigenvalue weighted by atomic mass is 10.1. The standard InChI is InChI=1S/C16H25Br2NO2/c1-6-16(5,20)10-21-14-12(17)7-11(8-13(14)18)9-19-15(2,3)4/h7-8,19-20H,6,9-10H2,1-5H3. The fourth-order valence-corrected chi connectivity index (χ4v) is 3.06. The Morgan fingerprint density at radius 1 is 1.14 bits per heavy atom. The first kappa shape index (κ1) is 18.9. The van der Waals surface area contributed by atoms with Crippen LogP contribution in [-0.2, 0) is 6.54 Å². The van der Waals surface area contributed by atoms with Gasteiger partial charge < -0.3 is 15.2 Å². The number of nitrogens with one attached hydrogen (secondary N) is 1. The van der Waals surface area contributed by atoms with Crippen molar-refractivity contribution in [2.75, 3.05) is 6.61 Å². The Labute approximate surface area is 144 Å². The van der Waals surface area contributed by atoms with E-state index in [1.807, 2.05) is 19.1 Å². The number of ether oxygens (including phenoxy) is 1. The molecular formula is C16H25Br2NO2. The maximum Gasteiger partial charge on any atom is 0.147 e. The van der Waals surface area contributed by atoms with Gasteiger partial charge in [-0.05, 0) is 83.7 Å². The van der Waals surface area contributed by atoms with Crippen LogP contribution in [0.25, 0.3) is 0 Å². The largest absolute Gasteiger partial charge is 0.488 e. The average Bonchev–Trinajstić information content (AvgIpc) is 2.34. The molecule has 0 radical (unpaired) electrons. The summed E-state index contributed by atoms with van der Waals surface area (Å²) < 4.78 is 7.53. The Bertz CT molecular complexity index is 459. The molecule has 0 aromatic heterocycles. The maximum atomic E-state index is 10.0. The second-order valence-corrected chi connectivity index (χ2v) is 8.34. The first-order valence-electron chi connectivity index (χ1n) is 7.12. The van der Waals surface area contributed by atoms with Crippen LogP contribution in [-0.4, -0.2) is 22.9 Å². The third-order valence-corrected chi connectivity index (χ3v) is 4.35. The van der Waals surface area contributed by atoms with Gasteiger partial charge in [-0.2, -0.15) is 0 Å². The van der Waals surface area contributed by atoms with Crippen LogP contribution in [0.2, 0.25) is 0 Å². The Balaban J connectivity index is 2.80. The smallest absolute Gasteiger partial charge is 0.147 e. The zero-order valence-electron chi connectivity index (χ0n) is 13.4. The van der Waals surface area contributed by atoms with Crippen molar-refractivity contribution in [2.45, 2.75) is 58.7 Å². The quantitative estimate of drug-likeness (QED) is 0.701. The van der Waals surface area contributed by atoms with Crippen LogP contribution in [0, 0.1) is 0 Å². The van der Waals surface area contributed by atoms with E-state index in [9.17, 15) is 5.11 Å². The van der Waals surface area contributed by atoms with Gasteiger partial charge in [-0.15, -0.1) is 0 Å². The lowest BCUT2D eigenvalue weighted by molar-refractivity contribution is 0.00799. The van der Waals surface area contributed by atoms with Crippen molar-refractivity contribution in [3.05, 3.63) is 26.6 Å². The number of rotatable bonds is 6. The van der Waals surface area contributed by atoms with E-state index in [2.05, 4.69) is 57.9 Å². The Kier molecular flexibility index (Phi) is 6.72. The van der Waals surface area contributed by atoms with E-state index >= 15 is 0 Å². The highest BCUT2D eigenvalue weighted by Gasteiger charge is 2.20. The van der Waals surface area contributed by atoms with E-state index in [4.69, 9.17) is 4.74 Å². The van der Waals surface area contributed by atoms with E-state index < -0.39 is 5.60 Å². The van der Waals surface area contributed by atoms with Gasteiger partial charge in [0.15, 0.2) is 0 Å². The van der Waals surface area contributed by atoms with Gasteiger partial charge in [0, 0.05) is 12.1 Å². The highest BCUT2D eigenvalue weighted by atomic mass is 79.9. The SMILES string of the molecule is CCC(C)(O)COc1c(Br)cc(CNC(C)(C)C)cc1Br. The predicted molar refractivity (Wildman–Crippen MR) is 94.8 cm³/mol. The molecule has 0 aliphatic rings. The lowest BCUT2D eigenvalue weighted by Crippen LogP contribution is -2.35. The molecule has 3 nitrogen and oxygen atoms in total. The van der Waals surface area contributed by atoms with E-state index in [-0.39, 0.29) is 12.1 Å². The van der Waals surface area contributed by atoms with Gasteiger partial charge >= 0.3 is 0 Å². The monoisotopic (exact) mass is 421 g/mol. The normalized spacial score (nSPS) is 14.9. The molecule has 1 rings (SSSR count). The molecule has 0 saturated heterocycles. The summed E-state index contributed by atoms with van der Waals surface area (Å²) in [6.07, 6.45) is 0.649. The van der Waals surface area contributed by atoms with Crippen LogP contribution in [0.1, 0.15) is 46.6 Å². The molecule has 21 heavy (non-hydrogen) atoms. The third-order valence-electron chi connectivity index (χ3n) is 3.17. The lowest BCUT2D eigenvalue weighted by Gasteiger charge is -2.23. The predicted octanol–water partition coefficient (Wildman–Crippen LogP) is 4.64. The summed E-state index contributed by atoms with van der Waals surface area (Å²) in [6, 6.07) is 4.08. The molecule has 0 bridgehead atoms. The highest BCUT2D eigenvalue weighted by molar-refractivity contribution is 9.11. The van der Waals surface area contributed by atoms with Crippen LogP contribution < -0.4 is 10.1 Å². The average molecular weight is 423 g/mol. The van der Waals surface area contributed by atoms with Gasteiger partial charge in [0.2, 0.25) is 0 Å². The number of aliphatic hydroxyl groups is 1. The topological polar surface area (TPSA) is 41.5 Å². The van der Waals surface area contributed by atoms with Crippen molar-refractivity contribution in [2.24, 2.45) is 0 Å². The van der Waals surface area contributed by atoms with Crippen molar-refractivity contribution in [1.29, 1.82) is 0 Å². The Morgan fingerprint density at radius 3 is 2.10 bits per heavy atom. The minimum atomic E-state index is -0.814. The van der Waals surface area contributed by atoms with Crippen LogP contribution in [0.5, 0.6) is 5.75 Å². The van der Waals surface area contributed by atoms with E-state index in [1.165, 1.54) is 5.56 Å². The molecule has 0 heterocycles. The first-order chi connectivity index (χ1) is 9.54. The number of hydrogen-bond acceptors (Lipinski definition) is 3. The summed E-state index contributed by atoms with van der Waals surface area (Å²) in [4.78, 5) is 0. The summed E-state index contributed by atoms with van der Waals surface area (Å²) in [6.45, 7) is 11.2. The maximum absolute atomic E-state index is 10.0. The van der Waals surface area contributed by atoms with Gasteiger partial charge in [-0.1, -0.05) is 6.92 Å². The fraction of sp³-hybridized carbons (Fsp3) is 0.625. The van der Waals surface area contributed by atoms with Crippen molar-refractivity contribution in [1.82, 2.24) is 5.32 Å². The van der Waals surface area contributed by atoms with E-state index in [0.717, 1.165) is 21.2 Å². The third kappa shape index (κ3) is 6.68. The van der Waals surface area contributed by atoms with Crippen molar-refractivity contribution in [3.63, 3.8) is 0 Å². The summed E-state index contributed by atoms with van der Waals surface area (Å²) >= 11 is 7.09. The molecule has 1 atom stereocenters. The van der Waals surface area contributed by atoms with Gasteiger partial charge in [-0.25, -0.2) is 0 Å². The van der Waals surface area contributed by atoms with Gasteiger partial charge in [0.25, 0.3) is 0 Å². The Morgan fingerprint density at radius 2 is 1.67 bits per heavy atom. The Hall–Kier alpha value is -0.100. The number of halogens is 2. The number of benzene rings is 1. The molecule has 0 aliphatic heterocycles. The number of hydrogen-bond donors (Lipinski definition) is 2. The zero-order valence-corrected chi connectivity index (χ0v) is 16.6. The van der Waals surface area contributed by atoms with Gasteiger partial charge in [0.1, 0.15) is 12.4 Å². The van der Waals surface area contributed by atoms with Crippen LogP contribution in [0.4, 0.5) is 0 Å². The van der Waals surface area contributed by atoms with Gasteiger partial charge in [-0.3, -0.25) is 0 Å². The summed E-state index contributed by atoms with van der Waals surface area (Å²) in [5.74, 6) is 0.725. The summed E-state index contributed by atoms with van der Waals surface area (Å²) in [7, 11) is 0. The molecule has 5 heteroatoms. The fourth-order valence-electron chi connectivity index (χ4n) is 1.55. The molecule has 1 aromatic carbocycles. The minimum Gasteiger partial charge on any atom is -0.488 e. The molecule has 1 aromatic rings. The molecule has 120 valence electrons. The van der Waals surface area contributed by atoms with Crippen LogP contribution in [0.3, 0.4) is 0 Å². The van der Waals surface area contributed by atoms with Crippen molar-refractivity contribution < 1.29 is 9.84 Å². The molecule has 2 N–H and O–H groups in total. The molecule has 0 fully saturated rings.